The van der Waals surface area contributed by atoms with Crippen LogP contribution in [0.2, 0.25) is 0 Å². The van der Waals surface area contributed by atoms with E-state index in [1.807, 2.05) is 41.8 Å². The summed E-state index contributed by atoms with van der Waals surface area (Å²) in [6.45, 7) is 2.27. The van der Waals surface area contributed by atoms with Gasteiger partial charge in [-0.3, -0.25) is 9.55 Å². The number of hydrogen-bond donors (Lipinski definition) is 0. The van der Waals surface area contributed by atoms with Crippen molar-refractivity contribution in [2.75, 3.05) is 21.3 Å². The van der Waals surface area contributed by atoms with Gasteiger partial charge in [-0.2, -0.15) is 0 Å². The molecule has 0 saturated carbocycles. The summed E-state index contributed by atoms with van der Waals surface area (Å²) in [5, 5.41) is 8.70. The van der Waals surface area contributed by atoms with Crippen molar-refractivity contribution in [2.45, 2.75) is 13.5 Å². The Bertz CT molecular complexity index is 1160. The summed E-state index contributed by atoms with van der Waals surface area (Å²) >= 11 is 0. The van der Waals surface area contributed by atoms with Crippen LogP contribution in [0, 0.1) is 6.92 Å². The van der Waals surface area contributed by atoms with Crippen molar-refractivity contribution in [3.63, 3.8) is 0 Å². The molecule has 4 aromatic rings. The van der Waals surface area contributed by atoms with Crippen molar-refractivity contribution in [3.8, 4) is 29.0 Å². The van der Waals surface area contributed by atoms with Crippen LogP contribution in [-0.4, -0.2) is 51.0 Å². The molecule has 0 N–H and O–H groups in total. The lowest BCUT2D eigenvalue weighted by Crippen LogP contribution is -2.09. The Kier molecular flexibility index (Phi) is 5.05. The van der Waals surface area contributed by atoms with Gasteiger partial charge in [0.25, 0.3) is 11.8 Å². The maximum absolute atomic E-state index is 5.37. The highest BCUT2D eigenvalue weighted by Gasteiger charge is 2.22. The molecular weight excluding hydrogens is 372 g/mol. The van der Waals surface area contributed by atoms with Gasteiger partial charge in [0.05, 0.1) is 25.4 Å². The molecule has 0 amide bonds. The van der Waals surface area contributed by atoms with E-state index in [1.165, 1.54) is 14.2 Å². The lowest BCUT2D eigenvalue weighted by molar-refractivity contribution is 0.176. The Morgan fingerprint density at radius 3 is 2.41 bits per heavy atom. The first-order valence-electron chi connectivity index (χ1n) is 8.92. The van der Waals surface area contributed by atoms with Crippen LogP contribution in [0.5, 0.6) is 11.8 Å². The fourth-order valence-corrected chi connectivity index (χ4v) is 3.16. The SMILES string of the molecule is COCc1nnc(-c2ccccn2)n1-c1c(C)ccc2nc(OC)c(OC)nc12. The number of rotatable bonds is 6. The predicted octanol–water partition coefficient (Wildman–Crippen LogP) is 2.74. The topological polar surface area (TPSA) is 97.1 Å². The van der Waals surface area contributed by atoms with Crippen LogP contribution in [0.3, 0.4) is 0 Å². The molecule has 0 radical (unpaired) electrons. The van der Waals surface area contributed by atoms with Crippen molar-refractivity contribution >= 4 is 11.0 Å². The monoisotopic (exact) mass is 392 g/mol. The number of benzene rings is 1. The van der Waals surface area contributed by atoms with Crippen LogP contribution in [0.15, 0.2) is 36.5 Å². The molecule has 0 unspecified atom stereocenters. The van der Waals surface area contributed by atoms with Gasteiger partial charge in [-0.1, -0.05) is 12.1 Å². The van der Waals surface area contributed by atoms with Crippen LogP contribution in [0.4, 0.5) is 0 Å². The minimum Gasteiger partial charge on any atom is -0.477 e. The van der Waals surface area contributed by atoms with E-state index in [4.69, 9.17) is 14.2 Å². The Hall–Kier alpha value is -3.59. The molecule has 9 nitrogen and oxygen atoms in total. The molecule has 1 aromatic carbocycles. The molecule has 0 aliphatic carbocycles. The number of methoxy groups -OCH3 is 3. The summed E-state index contributed by atoms with van der Waals surface area (Å²) in [7, 11) is 4.68. The summed E-state index contributed by atoms with van der Waals surface area (Å²) in [6, 6.07) is 9.50. The molecule has 0 fully saturated rings. The molecule has 9 heteroatoms. The molecule has 0 atom stereocenters. The van der Waals surface area contributed by atoms with Gasteiger partial charge in [-0.15, -0.1) is 10.2 Å². The number of fused-ring (bicyclic) bond motifs is 1. The molecule has 148 valence electrons. The zero-order valence-electron chi connectivity index (χ0n) is 16.6. The summed E-state index contributed by atoms with van der Waals surface area (Å²) in [5.41, 5.74) is 3.73. The number of pyridine rings is 1. The molecular formula is C20H20N6O3. The first kappa shape index (κ1) is 18.8. The second-order valence-electron chi connectivity index (χ2n) is 6.26. The number of aryl methyl sites for hydroxylation is 1. The van der Waals surface area contributed by atoms with Crippen molar-refractivity contribution in [1.82, 2.24) is 29.7 Å². The molecule has 0 bridgehead atoms. The Labute approximate surface area is 167 Å². The summed E-state index contributed by atoms with van der Waals surface area (Å²) in [6.07, 6.45) is 1.72. The smallest absolute Gasteiger partial charge is 0.278 e. The van der Waals surface area contributed by atoms with Gasteiger partial charge in [0.2, 0.25) is 0 Å². The lowest BCUT2D eigenvalue weighted by Gasteiger charge is -2.16. The zero-order chi connectivity index (χ0) is 20.4. The standard InChI is InChI=1S/C20H20N6O3/c1-12-8-9-13-16(23-20(29-4)19(22-13)28-3)17(12)26-15(11-27-2)24-25-18(26)14-7-5-6-10-21-14/h5-10H,11H2,1-4H3. The van der Waals surface area contributed by atoms with E-state index in [9.17, 15) is 0 Å². The van der Waals surface area contributed by atoms with Crippen molar-refractivity contribution in [2.24, 2.45) is 0 Å². The van der Waals surface area contributed by atoms with Crippen LogP contribution < -0.4 is 9.47 Å². The Balaban J connectivity index is 2.06. The number of ether oxygens (including phenoxy) is 3. The third kappa shape index (κ3) is 3.25. The Morgan fingerprint density at radius 2 is 1.72 bits per heavy atom. The molecule has 4 rings (SSSR count). The predicted molar refractivity (Wildman–Crippen MR) is 106 cm³/mol. The van der Waals surface area contributed by atoms with E-state index < -0.39 is 0 Å². The van der Waals surface area contributed by atoms with E-state index in [0.717, 1.165) is 11.3 Å². The quantitative estimate of drug-likeness (QED) is 0.494. The van der Waals surface area contributed by atoms with Gasteiger partial charge in [0, 0.05) is 13.3 Å². The number of nitrogens with zero attached hydrogens (tertiary/aromatic N) is 6. The summed E-state index contributed by atoms with van der Waals surface area (Å²) < 4.78 is 17.9. The van der Waals surface area contributed by atoms with E-state index in [1.54, 1.807) is 13.3 Å². The average molecular weight is 392 g/mol. The Morgan fingerprint density at radius 1 is 0.931 bits per heavy atom. The second kappa shape index (κ2) is 7.80. The third-order valence-corrected chi connectivity index (χ3v) is 4.46. The van der Waals surface area contributed by atoms with Crippen LogP contribution in [0.25, 0.3) is 28.2 Å². The molecule has 0 spiro atoms. The highest BCUT2D eigenvalue weighted by Crippen LogP contribution is 2.32. The van der Waals surface area contributed by atoms with E-state index >= 15 is 0 Å². The van der Waals surface area contributed by atoms with E-state index in [2.05, 4.69) is 25.1 Å². The van der Waals surface area contributed by atoms with E-state index in [-0.39, 0.29) is 6.61 Å². The van der Waals surface area contributed by atoms with E-state index in [0.29, 0.717) is 40.1 Å². The maximum Gasteiger partial charge on any atom is 0.278 e. The van der Waals surface area contributed by atoms with Gasteiger partial charge in [-0.25, -0.2) is 9.97 Å². The zero-order valence-corrected chi connectivity index (χ0v) is 16.6. The van der Waals surface area contributed by atoms with Gasteiger partial charge >= 0.3 is 0 Å². The van der Waals surface area contributed by atoms with Gasteiger partial charge < -0.3 is 14.2 Å². The minimum absolute atomic E-state index is 0.274. The largest absolute Gasteiger partial charge is 0.477 e. The molecule has 3 heterocycles. The highest BCUT2D eigenvalue weighted by atomic mass is 16.5. The maximum atomic E-state index is 5.37. The molecule has 29 heavy (non-hydrogen) atoms. The molecule has 0 aliphatic heterocycles. The van der Waals surface area contributed by atoms with Crippen molar-refractivity contribution in [1.29, 1.82) is 0 Å². The van der Waals surface area contributed by atoms with Crippen LogP contribution in [0.1, 0.15) is 11.4 Å². The van der Waals surface area contributed by atoms with Crippen molar-refractivity contribution < 1.29 is 14.2 Å². The first-order chi connectivity index (χ1) is 14.2. The third-order valence-electron chi connectivity index (χ3n) is 4.46. The van der Waals surface area contributed by atoms with Gasteiger partial charge in [0.1, 0.15) is 17.8 Å². The van der Waals surface area contributed by atoms with Gasteiger partial charge in [0.15, 0.2) is 11.6 Å². The van der Waals surface area contributed by atoms with Crippen molar-refractivity contribution in [3.05, 3.63) is 47.9 Å². The number of hydrogen-bond acceptors (Lipinski definition) is 8. The fourth-order valence-electron chi connectivity index (χ4n) is 3.16. The summed E-state index contributed by atoms with van der Waals surface area (Å²) in [4.78, 5) is 13.6. The van der Waals surface area contributed by atoms with Crippen LogP contribution in [-0.2, 0) is 11.3 Å². The highest BCUT2D eigenvalue weighted by molar-refractivity contribution is 5.87. The van der Waals surface area contributed by atoms with Crippen LogP contribution >= 0.6 is 0 Å². The lowest BCUT2D eigenvalue weighted by atomic mass is 10.1. The number of aromatic nitrogens is 6. The molecule has 3 aromatic heterocycles. The molecule has 0 saturated heterocycles. The first-order valence-corrected chi connectivity index (χ1v) is 8.92. The molecule has 0 aliphatic rings. The van der Waals surface area contributed by atoms with Gasteiger partial charge in [-0.05, 0) is 30.7 Å². The minimum atomic E-state index is 0.274. The average Bonchev–Trinajstić information content (AvgIpc) is 3.16. The second-order valence-corrected chi connectivity index (χ2v) is 6.26. The normalized spacial score (nSPS) is 11.0. The summed E-state index contributed by atoms with van der Waals surface area (Å²) in [5.74, 6) is 1.83. The fraction of sp³-hybridized carbons (Fsp3) is 0.250.